The van der Waals surface area contributed by atoms with E-state index in [1.807, 2.05) is 44.6 Å². The van der Waals surface area contributed by atoms with Gasteiger partial charge in [0.25, 0.3) is 0 Å². The first-order valence-corrected chi connectivity index (χ1v) is 13.3. The number of aromatic nitrogens is 5. The van der Waals surface area contributed by atoms with Crippen LogP contribution in [-0.2, 0) is 4.79 Å². The van der Waals surface area contributed by atoms with Gasteiger partial charge in [-0.15, -0.1) is 0 Å². The van der Waals surface area contributed by atoms with E-state index in [0.717, 1.165) is 71.1 Å². The molecule has 0 bridgehead atoms. The van der Waals surface area contributed by atoms with Crippen LogP contribution in [0.2, 0.25) is 0 Å². The molecule has 39 heavy (non-hydrogen) atoms. The number of H-pyrrole nitrogens is 1. The molecule has 1 amide bonds. The van der Waals surface area contributed by atoms with Crippen LogP contribution < -0.4 is 15.5 Å². The first-order chi connectivity index (χ1) is 18.9. The molecule has 11 heteroatoms. The molecule has 0 atom stereocenters. The number of hydrogen-bond donors (Lipinski definition) is 3. The molecule has 0 aliphatic carbocycles. The van der Waals surface area contributed by atoms with Crippen molar-refractivity contribution in [3.63, 3.8) is 0 Å². The molecule has 6 rings (SSSR count). The summed E-state index contributed by atoms with van der Waals surface area (Å²) in [5.41, 5.74) is 7.54. The minimum absolute atomic E-state index is 0.0312. The fourth-order valence-electron chi connectivity index (χ4n) is 4.98. The Kier molecular flexibility index (Phi) is 6.65. The van der Waals surface area contributed by atoms with Gasteiger partial charge in [0.05, 0.1) is 53.1 Å². The Morgan fingerprint density at radius 1 is 1.05 bits per heavy atom. The van der Waals surface area contributed by atoms with Crippen LogP contribution in [0.25, 0.3) is 22.3 Å². The van der Waals surface area contributed by atoms with Crippen LogP contribution in [0.4, 0.5) is 17.1 Å². The maximum absolute atomic E-state index is 12.3. The molecule has 4 aromatic rings. The van der Waals surface area contributed by atoms with Gasteiger partial charge < -0.3 is 25.4 Å². The molecule has 1 saturated heterocycles. The average molecular weight is 525 g/mol. The molecule has 0 saturated carbocycles. The minimum atomic E-state index is -0.0312. The van der Waals surface area contributed by atoms with Crippen LogP contribution in [0, 0.1) is 5.92 Å². The van der Waals surface area contributed by atoms with Crippen molar-refractivity contribution in [1.82, 2.24) is 29.8 Å². The fourth-order valence-corrected chi connectivity index (χ4v) is 4.98. The van der Waals surface area contributed by atoms with E-state index < -0.39 is 0 Å². The van der Waals surface area contributed by atoms with Crippen molar-refractivity contribution in [3.05, 3.63) is 54.5 Å². The van der Waals surface area contributed by atoms with Gasteiger partial charge in [0.15, 0.2) is 5.82 Å². The van der Waals surface area contributed by atoms with Crippen LogP contribution >= 0.6 is 0 Å². The summed E-state index contributed by atoms with van der Waals surface area (Å²) in [6, 6.07) is 3.88. The lowest BCUT2D eigenvalue weighted by Crippen LogP contribution is -2.44. The smallest absolute Gasteiger partial charge is 0.224 e. The molecular formula is C28H32N10O. The lowest BCUT2D eigenvalue weighted by molar-refractivity contribution is -0.116. The van der Waals surface area contributed by atoms with E-state index in [4.69, 9.17) is 9.98 Å². The second-order valence-corrected chi connectivity index (χ2v) is 10.5. The van der Waals surface area contributed by atoms with Gasteiger partial charge >= 0.3 is 0 Å². The number of amides is 1. The van der Waals surface area contributed by atoms with Gasteiger partial charge in [0.1, 0.15) is 17.9 Å². The topological polar surface area (TPSA) is 127 Å². The van der Waals surface area contributed by atoms with E-state index in [0.29, 0.717) is 24.6 Å². The lowest BCUT2D eigenvalue weighted by atomic mass is 10.0. The van der Waals surface area contributed by atoms with Crippen molar-refractivity contribution >= 4 is 39.7 Å². The van der Waals surface area contributed by atoms with Gasteiger partial charge in [0.2, 0.25) is 5.91 Å². The second kappa shape index (κ2) is 10.4. The van der Waals surface area contributed by atoms with E-state index in [9.17, 15) is 4.79 Å². The number of imidazole rings is 1. The highest BCUT2D eigenvalue weighted by Gasteiger charge is 2.23. The van der Waals surface area contributed by atoms with Crippen LogP contribution in [-0.4, -0.2) is 81.3 Å². The third-order valence-corrected chi connectivity index (χ3v) is 7.02. The van der Waals surface area contributed by atoms with Crippen LogP contribution in [0.1, 0.15) is 31.7 Å². The first kappa shape index (κ1) is 24.9. The molecule has 4 aromatic heterocycles. The van der Waals surface area contributed by atoms with Gasteiger partial charge in [-0.25, -0.2) is 4.98 Å². The molecule has 200 valence electrons. The highest BCUT2D eigenvalue weighted by atomic mass is 16.1. The zero-order valence-electron chi connectivity index (χ0n) is 22.4. The summed E-state index contributed by atoms with van der Waals surface area (Å²) in [6.07, 6.45) is 9.37. The molecule has 2 aliphatic heterocycles. The standard InChI is InChI=1S/C28H32N10O/c1-17(2)8-25(39)34-19-9-18(11-29-12-19)21-10-20-22(14-31-21)32-16-33-26(20)28-35-23-13-30-15-24(27(23)36-28)38-6-4-37(3)5-7-38/h9-15,17,32H,4-8,16H2,1-3H3,(H,34,39)(H,35,36). The number of rotatable bonds is 6. The number of anilines is 3. The molecule has 11 nitrogen and oxygen atoms in total. The number of aromatic amines is 1. The fraction of sp³-hybridized carbons (Fsp3) is 0.357. The number of likely N-dealkylation sites (N-methyl/N-ethyl adjacent to an activating group) is 1. The van der Waals surface area contributed by atoms with Crippen molar-refractivity contribution in [2.24, 2.45) is 10.9 Å². The highest BCUT2D eigenvalue weighted by Crippen LogP contribution is 2.30. The first-order valence-electron chi connectivity index (χ1n) is 13.3. The summed E-state index contributed by atoms with van der Waals surface area (Å²) in [5, 5.41) is 6.25. The predicted molar refractivity (Wildman–Crippen MR) is 153 cm³/mol. The lowest BCUT2D eigenvalue weighted by Gasteiger charge is -2.33. The Morgan fingerprint density at radius 3 is 2.69 bits per heavy atom. The molecule has 2 aliphatic rings. The second-order valence-electron chi connectivity index (χ2n) is 10.5. The Labute approximate surface area is 226 Å². The van der Waals surface area contributed by atoms with E-state index >= 15 is 0 Å². The highest BCUT2D eigenvalue weighted by molar-refractivity contribution is 6.16. The average Bonchev–Trinajstić information content (AvgIpc) is 3.37. The maximum Gasteiger partial charge on any atom is 0.224 e. The number of nitrogens with zero attached hydrogens (tertiary/aromatic N) is 7. The molecular weight excluding hydrogens is 492 g/mol. The molecule has 0 aromatic carbocycles. The summed E-state index contributed by atoms with van der Waals surface area (Å²) < 4.78 is 0. The van der Waals surface area contributed by atoms with E-state index in [-0.39, 0.29) is 11.8 Å². The minimum Gasteiger partial charge on any atom is -0.366 e. The van der Waals surface area contributed by atoms with Gasteiger partial charge in [-0.05, 0) is 25.1 Å². The van der Waals surface area contributed by atoms with Gasteiger partial charge in [-0.3, -0.25) is 24.7 Å². The zero-order chi connectivity index (χ0) is 26.9. The Balaban J connectivity index is 1.32. The van der Waals surface area contributed by atoms with Crippen molar-refractivity contribution in [2.75, 3.05) is 55.4 Å². The number of aliphatic imine (C=N–C) groups is 1. The third-order valence-electron chi connectivity index (χ3n) is 7.02. The molecule has 1 fully saturated rings. The van der Waals surface area contributed by atoms with Crippen LogP contribution in [0.3, 0.4) is 0 Å². The Morgan fingerprint density at radius 2 is 1.87 bits per heavy atom. The Bertz CT molecular complexity index is 1550. The van der Waals surface area contributed by atoms with Crippen LogP contribution in [0.5, 0.6) is 0 Å². The quantitative estimate of drug-likeness (QED) is 0.350. The van der Waals surface area contributed by atoms with Crippen LogP contribution in [0.15, 0.2) is 48.1 Å². The summed E-state index contributed by atoms with van der Waals surface area (Å²) in [6.45, 7) is 8.36. The Hall–Kier alpha value is -4.38. The summed E-state index contributed by atoms with van der Waals surface area (Å²) in [4.78, 5) is 43.7. The molecule has 6 heterocycles. The van der Waals surface area contributed by atoms with Crippen molar-refractivity contribution in [2.45, 2.75) is 20.3 Å². The van der Waals surface area contributed by atoms with E-state index in [2.05, 4.69) is 47.4 Å². The number of nitrogens with one attached hydrogen (secondary N) is 3. The normalized spacial score (nSPS) is 15.7. The van der Waals surface area contributed by atoms with Crippen molar-refractivity contribution in [1.29, 1.82) is 0 Å². The largest absolute Gasteiger partial charge is 0.366 e. The maximum atomic E-state index is 12.3. The number of pyridine rings is 3. The molecule has 3 N–H and O–H groups in total. The van der Waals surface area contributed by atoms with Gasteiger partial charge in [-0.2, -0.15) is 0 Å². The molecule has 0 radical (unpaired) electrons. The number of carbonyl (C=O) groups is 1. The summed E-state index contributed by atoms with van der Waals surface area (Å²) in [7, 11) is 2.15. The summed E-state index contributed by atoms with van der Waals surface area (Å²) in [5.74, 6) is 0.942. The van der Waals surface area contributed by atoms with Crippen molar-refractivity contribution in [3.8, 4) is 11.3 Å². The van der Waals surface area contributed by atoms with Gasteiger partial charge in [-0.1, -0.05) is 13.8 Å². The number of hydrogen-bond acceptors (Lipinski definition) is 9. The summed E-state index contributed by atoms with van der Waals surface area (Å²) >= 11 is 0. The molecule has 0 unspecified atom stereocenters. The van der Waals surface area contributed by atoms with Crippen molar-refractivity contribution < 1.29 is 4.79 Å². The number of fused-ring (bicyclic) bond motifs is 2. The SMILES string of the molecule is CC(C)CC(=O)Nc1cncc(-c2cc3c(cn2)NCN=C3c2nc3c(N4CCN(C)CC4)cncc3[nH]2)c1. The number of carbonyl (C=O) groups excluding carboxylic acids is 1. The van der Waals surface area contributed by atoms with Gasteiger partial charge in [0, 0.05) is 49.9 Å². The molecule has 0 spiro atoms. The predicted octanol–water partition coefficient (Wildman–Crippen LogP) is 3.37. The van der Waals surface area contributed by atoms with E-state index in [1.165, 1.54) is 0 Å². The zero-order valence-corrected chi connectivity index (χ0v) is 22.4. The third kappa shape index (κ3) is 5.17. The number of piperazine rings is 1. The van der Waals surface area contributed by atoms with E-state index in [1.54, 1.807) is 12.4 Å². The monoisotopic (exact) mass is 524 g/mol.